The minimum Gasteiger partial charge on any atom is -0.367 e. The Morgan fingerprint density at radius 3 is 2.94 bits per heavy atom. The number of nitrogens with two attached hydrogens (primary N) is 1. The summed E-state index contributed by atoms with van der Waals surface area (Å²) >= 11 is 0. The summed E-state index contributed by atoms with van der Waals surface area (Å²) in [6.07, 6.45) is 7.85. The molecule has 0 saturated heterocycles. The molecule has 0 aliphatic heterocycles. The van der Waals surface area contributed by atoms with Crippen LogP contribution >= 0.6 is 0 Å². The Labute approximate surface area is 108 Å². The van der Waals surface area contributed by atoms with Crippen LogP contribution in [0.5, 0.6) is 0 Å². The van der Waals surface area contributed by atoms with Crippen LogP contribution in [0, 0.1) is 5.92 Å². The van der Waals surface area contributed by atoms with Crippen molar-refractivity contribution in [2.24, 2.45) is 11.7 Å². The van der Waals surface area contributed by atoms with Crippen LogP contribution in [0.2, 0.25) is 0 Å². The monoisotopic (exact) mass is 247 g/mol. The molecule has 4 nitrogen and oxygen atoms in total. The molecule has 1 heterocycles. The van der Waals surface area contributed by atoms with E-state index in [1.54, 1.807) is 6.07 Å². The van der Waals surface area contributed by atoms with E-state index in [0.717, 1.165) is 11.7 Å². The van der Waals surface area contributed by atoms with Crippen LogP contribution in [-0.4, -0.2) is 16.9 Å². The van der Waals surface area contributed by atoms with Gasteiger partial charge in [0.2, 0.25) is 5.91 Å². The second-order valence-corrected chi connectivity index (χ2v) is 5.08. The number of nitrogens with zero attached hydrogens (tertiary/aromatic N) is 1. The summed E-state index contributed by atoms with van der Waals surface area (Å²) < 4.78 is 0. The van der Waals surface area contributed by atoms with Crippen molar-refractivity contribution in [3.63, 3.8) is 0 Å². The topological polar surface area (TPSA) is 68.0 Å². The Morgan fingerprint density at radius 2 is 2.33 bits per heavy atom. The molecule has 1 aliphatic rings. The Bertz CT molecular complexity index is 402. The smallest absolute Gasteiger partial charge is 0.250 e. The van der Waals surface area contributed by atoms with Crippen molar-refractivity contribution < 1.29 is 4.79 Å². The van der Waals surface area contributed by atoms with Crippen molar-refractivity contribution in [1.82, 2.24) is 4.98 Å². The number of carbonyl (C=O) groups excluding carboxylic acids is 1. The number of rotatable bonds is 4. The van der Waals surface area contributed by atoms with Gasteiger partial charge >= 0.3 is 0 Å². The van der Waals surface area contributed by atoms with Gasteiger partial charge in [0.05, 0.1) is 5.56 Å². The van der Waals surface area contributed by atoms with Crippen molar-refractivity contribution >= 4 is 11.7 Å². The minimum atomic E-state index is -0.433. The summed E-state index contributed by atoms with van der Waals surface area (Å²) in [7, 11) is 0. The van der Waals surface area contributed by atoms with Crippen LogP contribution in [0.3, 0.4) is 0 Å². The van der Waals surface area contributed by atoms with Gasteiger partial charge in [0.25, 0.3) is 0 Å². The molecule has 1 amide bonds. The quantitative estimate of drug-likeness (QED) is 0.859. The molecule has 2 rings (SSSR count). The molecule has 1 aliphatic carbocycles. The molecule has 0 spiro atoms. The SMILES string of the molecule is CCC1CCCC(Nc2ccc(C(N)=O)cn2)C1. The third-order valence-electron chi connectivity index (χ3n) is 3.76. The van der Waals surface area contributed by atoms with Crippen LogP contribution < -0.4 is 11.1 Å². The maximum atomic E-state index is 10.9. The van der Waals surface area contributed by atoms with E-state index in [0.29, 0.717) is 11.6 Å². The third kappa shape index (κ3) is 3.22. The van der Waals surface area contributed by atoms with Gasteiger partial charge in [0, 0.05) is 12.2 Å². The number of hydrogen-bond acceptors (Lipinski definition) is 3. The Kier molecular flexibility index (Phi) is 4.18. The molecule has 98 valence electrons. The first-order valence-electron chi connectivity index (χ1n) is 6.71. The van der Waals surface area contributed by atoms with Gasteiger partial charge in [-0.1, -0.05) is 26.2 Å². The molecule has 1 aromatic rings. The van der Waals surface area contributed by atoms with E-state index in [1.807, 2.05) is 6.07 Å². The fourth-order valence-corrected chi connectivity index (χ4v) is 2.63. The Hall–Kier alpha value is -1.58. The zero-order valence-corrected chi connectivity index (χ0v) is 10.9. The molecule has 0 aromatic carbocycles. The maximum absolute atomic E-state index is 10.9. The van der Waals surface area contributed by atoms with E-state index in [9.17, 15) is 4.79 Å². The van der Waals surface area contributed by atoms with Gasteiger partial charge in [-0.25, -0.2) is 4.98 Å². The molecular formula is C14H21N3O. The van der Waals surface area contributed by atoms with Crippen LogP contribution in [-0.2, 0) is 0 Å². The summed E-state index contributed by atoms with van der Waals surface area (Å²) in [6.45, 7) is 2.26. The van der Waals surface area contributed by atoms with Crippen LogP contribution in [0.4, 0.5) is 5.82 Å². The normalized spacial score (nSPS) is 23.6. The Morgan fingerprint density at radius 1 is 1.50 bits per heavy atom. The molecule has 0 bridgehead atoms. The van der Waals surface area contributed by atoms with E-state index in [2.05, 4.69) is 17.2 Å². The summed E-state index contributed by atoms with van der Waals surface area (Å²) in [5.41, 5.74) is 5.64. The lowest BCUT2D eigenvalue weighted by Crippen LogP contribution is -2.27. The number of carbonyl (C=O) groups is 1. The molecule has 1 saturated carbocycles. The summed E-state index contributed by atoms with van der Waals surface area (Å²) in [4.78, 5) is 15.2. The van der Waals surface area contributed by atoms with Crippen LogP contribution in [0.1, 0.15) is 49.4 Å². The van der Waals surface area contributed by atoms with E-state index < -0.39 is 5.91 Å². The van der Waals surface area contributed by atoms with Gasteiger partial charge in [-0.15, -0.1) is 0 Å². The molecule has 3 N–H and O–H groups in total. The largest absolute Gasteiger partial charge is 0.367 e. The summed E-state index contributed by atoms with van der Waals surface area (Å²) in [5, 5.41) is 3.45. The van der Waals surface area contributed by atoms with E-state index in [4.69, 9.17) is 5.73 Å². The third-order valence-corrected chi connectivity index (χ3v) is 3.76. The zero-order chi connectivity index (χ0) is 13.0. The number of nitrogens with one attached hydrogen (secondary N) is 1. The molecule has 4 heteroatoms. The van der Waals surface area contributed by atoms with E-state index in [-0.39, 0.29) is 0 Å². The first-order valence-corrected chi connectivity index (χ1v) is 6.71. The lowest BCUT2D eigenvalue weighted by Gasteiger charge is -2.29. The highest BCUT2D eigenvalue weighted by atomic mass is 16.1. The Balaban J connectivity index is 1.94. The average Bonchev–Trinajstić information content (AvgIpc) is 2.39. The molecule has 1 aromatic heterocycles. The number of primary amides is 1. The molecule has 0 radical (unpaired) electrons. The number of hydrogen-bond donors (Lipinski definition) is 2. The lowest BCUT2D eigenvalue weighted by atomic mass is 9.84. The lowest BCUT2D eigenvalue weighted by molar-refractivity contribution is 0.1000. The van der Waals surface area contributed by atoms with Crippen LogP contribution in [0.25, 0.3) is 0 Å². The van der Waals surface area contributed by atoms with Gasteiger partial charge in [-0.05, 0) is 30.9 Å². The molecular weight excluding hydrogens is 226 g/mol. The molecule has 2 atom stereocenters. The first kappa shape index (κ1) is 12.9. The number of pyridine rings is 1. The number of aromatic nitrogens is 1. The van der Waals surface area contributed by atoms with Crippen molar-refractivity contribution in [2.45, 2.75) is 45.1 Å². The number of anilines is 1. The van der Waals surface area contributed by atoms with E-state index >= 15 is 0 Å². The van der Waals surface area contributed by atoms with E-state index in [1.165, 1.54) is 38.3 Å². The molecule has 2 unspecified atom stereocenters. The summed E-state index contributed by atoms with van der Waals surface area (Å²) in [6, 6.07) is 4.06. The van der Waals surface area contributed by atoms with Crippen molar-refractivity contribution in [3.8, 4) is 0 Å². The second kappa shape index (κ2) is 5.85. The zero-order valence-electron chi connectivity index (χ0n) is 10.9. The number of amides is 1. The molecule has 18 heavy (non-hydrogen) atoms. The van der Waals surface area contributed by atoms with Gasteiger partial charge in [0.1, 0.15) is 5.82 Å². The average molecular weight is 247 g/mol. The highest BCUT2D eigenvalue weighted by Gasteiger charge is 2.20. The highest BCUT2D eigenvalue weighted by molar-refractivity contribution is 5.92. The van der Waals surface area contributed by atoms with Crippen molar-refractivity contribution in [1.29, 1.82) is 0 Å². The van der Waals surface area contributed by atoms with Gasteiger partial charge < -0.3 is 11.1 Å². The van der Waals surface area contributed by atoms with Gasteiger partial charge in [-0.2, -0.15) is 0 Å². The molecule has 1 fully saturated rings. The van der Waals surface area contributed by atoms with Crippen molar-refractivity contribution in [3.05, 3.63) is 23.9 Å². The minimum absolute atomic E-state index is 0.433. The highest BCUT2D eigenvalue weighted by Crippen LogP contribution is 2.28. The van der Waals surface area contributed by atoms with Gasteiger partial charge in [-0.3, -0.25) is 4.79 Å². The second-order valence-electron chi connectivity index (χ2n) is 5.08. The predicted octanol–water partition coefficient (Wildman–Crippen LogP) is 2.56. The van der Waals surface area contributed by atoms with Gasteiger partial charge in [0.15, 0.2) is 0 Å². The fraction of sp³-hybridized carbons (Fsp3) is 0.571. The van der Waals surface area contributed by atoms with Crippen molar-refractivity contribution in [2.75, 3.05) is 5.32 Å². The standard InChI is InChI=1S/C14H21N3O/c1-2-10-4-3-5-12(8-10)17-13-7-6-11(9-16-13)14(15)18/h6-7,9-10,12H,2-5,8H2,1H3,(H2,15,18)(H,16,17). The fourth-order valence-electron chi connectivity index (χ4n) is 2.63. The first-order chi connectivity index (χ1) is 8.69. The predicted molar refractivity (Wildman–Crippen MR) is 72.4 cm³/mol. The van der Waals surface area contributed by atoms with Crippen LogP contribution in [0.15, 0.2) is 18.3 Å². The maximum Gasteiger partial charge on any atom is 0.250 e. The summed E-state index contributed by atoms with van der Waals surface area (Å²) in [5.74, 6) is 1.24.